The van der Waals surface area contributed by atoms with E-state index in [2.05, 4.69) is 9.52 Å². The summed E-state index contributed by atoms with van der Waals surface area (Å²) in [5, 5.41) is 0. The van der Waals surface area contributed by atoms with Gasteiger partial charge in [-0.25, -0.2) is 13.0 Å². The second-order valence-corrected chi connectivity index (χ2v) is 6.05. The first-order valence-electron chi connectivity index (χ1n) is 5.45. The van der Waals surface area contributed by atoms with Gasteiger partial charge in [0.15, 0.2) is 9.84 Å². The minimum absolute atomic E-state index is 0.182. The van der Waals surface area contributed by atoms with E-state index in [1.807, 2.05) is 6.92 Å². The summed E-state index contributed by atoms with van der Waals surface area (Å²) in [5.74, 6) is -0.305. The monoisotopic (exact) mass is 299 g/mol. The summed E-state index contributed by atoms with van der Waals surface area (Å²) in [6, 6.07) is 6.63. The van der Waals surface area contributed by atoms with E-state index in [9.17, 15) is 13.0 Å². The Morgan fingerprint density at radius 1 is 1.32 bits per heavy atom. The number of sulfone groups is 1. The first-order valence-corrected chi connectivity index (χ1v) is 7.83. The first-order chi connectivity index (χ1) is 9.06. The molecule has 0 aliphatic rings. The fraction of sp³-hybridized carbons (Fsp3) is 0.250. The van der Waals surface area contributed by atoms with Crippen LogP contribution < -0.4 is 0 Å². The second kappa shape index (κ2) is 7.94. The lowest BCUT2D eigenvalue weighted by atomic mass is 10.2. The molecule has 0 radical (unpaired) electrons. The molecule has 0 aromatic heterocycles. The van der Waals surface area contributed by atoms with Crippen LogP contribution in [0.25, 0.3) is 0 Å². The maximum atomic E-state index is 11.9. The average Bonchev–Trinajstić information content (AvgIpc) is 2.38. The summed E-state index contributed by atoms with van der Waals surface area (Å²) >= 11 is 0. The molecule has 1 aromatic rings. The highest BCUT2D eigenvalue weighted by Crippen LogP contribution is 2.11. The Morgan fingerprint density at radius 2 is 2.00 bits per heavy atom. The maximum absolute atomic E-state index is 11.9. The Hall–Kier alpha value is -1.36. The van der Waals surface area contributed by atoms with Crippen molar-refractivity contribution in [3.8, 4) is 0 Å². The summed E-state index contributed by atoms with van der Waals surface area (Å²) < 4.78 is 38.2. The molecular formula is C12H14NO4PS. The van der Waals surface area contributed by atoms with Crippen LogP contribution in [0.15, 0.2) is 46.3 Å². The van der Waals surface area contributed by atoms with E-state index >= 15 is 0 Å². The topological polar surface area (TPSA) is 72.8 Å². The van der Waals surface area contributed by atoms with Gasteiger partial charge in [-0.1, -0.05) is 23.8 Å². The Labute approximate surface area is 114 Å². The predicted molar refractivity (Wildman–Crippen MR) is 74.4 cm³/mol. The molecule has 0 aliphatic heterocycles. The molecule has 19 heavy (non-hydrogen) atoms. The summed E-state index contributed by atoms with van der Waals surface area (Å²) in [4.78, 5) is 4.06. The molecule has 0 bridgehead atoms. The molecule has 1 aromatic carbocycles. The summed E-state index contributed by atoms with van der Waals surface area (Å²) in [5.41, 5.74) is 1.00. The number of allylic oxidation sites excluding steroid dienone is 1. The SMILES string of the molecule is Cc1ccc(S(=O)(=O)CN=C/C=C/COP=O)cc1. The maximum Gasteiger partial charge on any atom is 0.327 e. The predicted octanol–water partition coefficient (Wildman–Crippen LogP) is 2.58. The molecule has 102 valence electrons. The summed E-state index contributed by atoms with van der Waals surface area (Å²) in [6.07, 6.45) is 4.49. The van der Waals surface area contributed by atoms with Crippen LogP contribution in [0, 0.1) is 6.92 Å². The van der Waals surface area contributed by atoms with E-state index in [-0.39, 0.29) is 26.1 Å². The van der Waals surface area contributed by atoms with Gasteiger partial charge in [-0.2, -0.15) is 0 Å². The number of aryl methyl sites for hydroxylation is 1. The molecule has 5 nitrogen and oxygen atoms in total. The van der Waals surface area contributed by atoms with Gasteiger partial charge in [-0.05, 0) is 25.1 Å². The molecule has 0 fully saturated rings. The zero-order chi connectivity index (χ0) is 14.1. The van der Waals surface area contributed by atoms with Crippen LogP contribution in [-0.2, 0) is 18.9 Å². The third-order valence-corrected chi connectivity index (χ3v) is 3.91. The smallest absolute Gasteiger partial charge is 0.290 e. The Bertz CT molecular complexity index is 564. The molecule has 0 aliphatic carbocycles. The molecule has 0 saturated carbocycles. The molecule has 0 atom stereocenters. The van der Waals surface area contributed by atoms with Crippen molar-refractivity contribution in [2.24, 2.45) is 4.99 Å². The van der Waals surface area contributed by atoms with Gasteiger partial charge in [-0.3, -0.25) is 9.52 Å². The van der Waals surface area contributed by atoms with Crippen LogP contribution in [-0.4, -0.2) is 27.1 Å². The van der Waals surface area contributed by atoms with E-state index in [4.69, 9.17) is 0 Å². The fourth-order valence-electron chi connectivity index (χ4n) is 1.21. The molecule has 7 heteroatoms. The quantitative estimate of drug-likeness (QED) is 0.440. The van der Waals surface area contributed by atoms with E-state index in [1.165, 1.54) is 12.3 Å². The molecule has 0 amide bonds. The average molecular weight is 299 g/mol. The molecular weight excluding hydrogens is 285 g/mol. The van der Waals surface area contributed by atoms with Gasteiger partial charge in [-0.15, -0.1) is 0 Å². The van der Waals surface area contributed by atoms with Crippen LogP contribution in [0.2, 0.25) is 0 Å². The van der Waals surface area contributed by atoms with Crippen LogP contribution in [0.1, 0.15) is 5.56 Å². The number of hydrogen-bond donors (Lipinski definition) is 0. The van der Waals surface area contributed by atoms with E-state index in [0.29, 0.717) is 0 Å². The third-order valence-electron chi connectivity index (χ3n) is 2.18. The first kappa shape index (κ1) is 15.7. The summed E-state index contributed by atoms with van der Waals surface area (Å²) in [6.45, 7) is 2.07. The van der Waals surface area contributed by atoms with Gasteiger partial charge in [0.25, 0.3) is 0 Å². The van der Waals surface area contributed by atoms with Crippen molar-refractivity contribution in [2.45, 2.75) is 11.8 Å². The lowest BCUT2D eigenvalue weighted by Gasteiger charge is -2.01. The van der Waals surface area contributed by atoms with Gasteiger partial charge in [0.1, 0.15) is 5.88 Å². The molecule has 0 spiro atoms. The van der Waals surface area contributed by atoms with Gasteiger partial charge in [0.05, 0.1) is 11.5 Å². The van der Waals surface area contributed by atoms with Crippen molar-refractivity contribution < 1.29 is 17.5 Å². The zero-order valence-electron chi connectivity index (χ0n) is 10.4. The van der Waals surface area contributed by atoms with Crippen LogP contribution in [0.3, 0.4) is 0 Å². The lowest BCUT2D eigenvalue weighted by Crippen LogP contribution is -2.04. The Balaban J connectivity index is 2.56. The lowest BCUT2D eigenvalue weighted by molar-refractivity contribution is 0.387. The highest BCUT2D eigenvalue weighted by atomic mass is 32.2. The third kappa shape index (κ3) is 5.87. The molecule has 0 unspecified atom stereocenters. The normalized spacial score (nSPS) is 12.7. The molecule has 0 heterocycles. The van der Waals surface area contributed by atoms with E-state index in [1.54, 1.807) is 30.3 Å². The minimum Gasteiger partial charge on any atom is -0.290 e. The van der Waals surface area contributed by atoms with Gasteiger partial charge in [0, 0.05) is 6.21 Å². The fourth-order valence-corrected chi connectivity index (χ4v) is 2.34. The highest BCUT2D eigenvalue weighted by Gasteiger charge is 2.12. The van der Waals surface area contributed by atoms with Gasteiger partial charge < -0.3 is 0 Å². The van der Waals surface area contributed by atoms with Crippen LogP contribution >= 0.6 is 8.69 Å². The zero-order valence-corrected chi connectivity index (χ0v) is 12.1. The standard InChI is InChI=1S/C12H14NO4PS/c1-11-4-6-12(7-5-11)19(15,16)10-13-8-2-3-9-17-18-14/h2-8H,9-10H2,1H3/b3-2+,13-8?. The Kier molecular flexibility index (Phi) is 6.56. The van der Waals surface area contributed by atoms with Crippen molar-refractivity contribution in [3.63, 3.8) is 0 Å². The number of benzene rings is 1. The molecule has 0 saturated heterocycles. The number of hydrogen-bond acceptors (Lipinski definition) is 5. The largest absolute Gasteiger partial charge is 0.327 e. The van der Waals surface area contributed by atoms with Gasteiger partial charge in [0.2, 0.25) is 0 Å². The second-order valence-electron chi connectivity index (χ2n) is 3.69. The van der Waals surface area contributed by atoms with E-state index < -0.39 is 9.84 Å². The van der Waals surface area contributed by atoms with Crippen molar-refractivity contribution in [1.82, 2.24) is 0 Å². The minimum atomic E-state index is -3.39. The number of aliphatic imine (C=N–C) groups is 1. The number of rotatable bonds is 7. The van der Waals surface area contributed by atoms with Crippen molar-refractivity contribution in [3.05, 3.63) is 42.0 Å². The number of nitrogens with zero attached hydrogens (tertiary/aromatic N) is 1. The van der Waals surface area contributed by atoms with Crippen molar-refractivity contribution in [2.75, 3.05) is 12.5 Å². The summed E-state index contributed by atoms with van der Waals surface area (Å²) in [7, 11) is -3.78. The van der Waals surface area contributed by atoms with Crippen LogP contribution in [0.4, 0.5) is 0 Å². The Morgan fingerprint density at radius 3 is 2.63 bits per heavy atom. The highest BCUT2D eigenvalue weighted by molar-refractivity contribution is 7.91. The van der Waals surface area contributed by atoms with Crippen LogP contribution in [0.5, 0.6) is 0 Å². The van der Waals surface area contributed by atoms with E-state index in [0.717, 1.165) is 5.56 Å². The molecule has 0 N–H and O–H groups in total. The molecule has 1 rings (SSSR count). The van der Waals surface area contributed by atoms with Crippen molar-refractivity contribution in [1.29, 1.82) is 0 Å². The van der Waals surface area contributed by atoms with Crippen molar-refractivity contribution >= 4 is 24.7 Å². The van der Waals surface area contributed by atoms with Gasteiger partial charge >= 0.3 is 8.69 Å².